The molecule has 0 unspecified atom stereocenters. The van der Waals surface area contributed by atoms with Gasteiger partial charge >= 0.3 is 0 Å². The van der Waals surface area contributed by atoms with Gasteiger partial charge in [-0.25, -0.2) is 4.98 Å². The Balaban J connectivity index is 1.39. The SMILES string of the molecule is COc1ccc(-c2cnc3n2C[C@@]2(CCN(C(=O)c4ccnn4C)C2)OC3)cc1. The van der Waals surface area contributed by atoms with Crippen molar-refractivity contribution in [3.05, 3.63) is 54.2 Å². The molecule has 5 rings (SSSR count). The third-order valence-corrected chi connectivity index (χ3v) is 5.92. The van der Waals surface area contributed by atoms with Gasteiger partial charge in [0.05, 0.1) is 32.1 Å². The number of hydrogen-bond acceptors (Lipinski definition) is 5. The molecule has 0 aliphatic carbocycles. The molecule has 1 spiro atoms. The number of aryl methyl sites for hydroxylation is 1. The summed E-state index contributed by atoms with van der Waals surface area (Å²) in [5.74, 6) is 1.74. The van der Waals surface area contributed by atoms with Crippen LogP contribution in [0.2, 0.25) is 0 Å². The van der Waals surface area contributed by atoms with Crippen LogP contribution >= 0.6 is 0 Å². The number of carbonyl (C=O) groups excluding carboxylic acids is 1. The second kappa shape index (κ2) is 6.73. The lowest BCUT2D eigenvalue weighted by atomic mass is 10.0. The number of aromatic nitrogens is 4. The lowest BCUT2D eigenvalue weighted by Crippen LogP contribution is -2.45. The number of ether oxygens (including phenoxy) is 2. The van der Waals surface area contributed by atoms with Crippen LogP contribution in [0.25, 0.3) is 11.3 Å². The Labute approximate surface area is 168 Å². The number of benzene rings is 1. The molecule has 0 radical (unpaired) electrons. The predicted octanol–water partition coefficient (Wildman–Crippen LogP) is 2.11. The quantitative estimate of drug-likeness (QED) is 0.681. The topological polar surface area (TPSA) is 74.4 Å². The molecule has 0 N–H and O–H groups in total. The van der Waals surface area contributed by atoms with E-state index in [2.05, 4.69) is 14.6 Å². The summed E-state index contributed by atoms with van der Waals surface area (Å²) in [6.07, 6.45) is 4.35. The summed E-state index contributed by atoms with van der Waals surface area (Å²) in [6.45, 7) is 2.37. The first-order valence-corrected chi connectivity index (χ1v) is 9.69. The molecule has 2 aromatic heterocycles. The Hall–Kier alpha value is -3.13. The summed E-state index contributed by atoms with van der Waals surface area (Å²) < 4.78 is 15.4. The minimum atomic E-state index is -0.386. The molecule has 150 valence electrons. The van der Waals surface area contributed by atoms with Gasteiger partial charge in [-0.05, 0) is 36.8 Å². The first-order chi connectivity index (χ1) is 14.1. The minimum Gasteiger partial charge on any atom is -0.497 e. The maximum atomic E-state index is 12.9. The molecule has 0 bridgehead atoms. The van der Waals surface area contributed by atoms with Crippen LogP contribution in [0, 0.1) is 0 Å². The van der Waals surface area contributed by atoms with E-state index < -0.39 is 0 Å². The Morgan fingerprint density at radius 1 is 1.21 bits per heavy atom. The first-order valence-electron chi connectivity index (χ1n) is 9.69. The number of hydrogen-bond donors (Lipinski definition) is 0. The zero-order chi connectivity index (χ0) is 20.0. The number of nitrogens with zero attached hydrogens (tertiary/aromatic N) is 5. The van der Waals surface area contributed by atoms with Crippen molar-refractivity contribution in [1.29, 1.82) is 0 Å². The highest BCUT2D eigenvalue weighted by Gasteiger charge is 2.45. The van der Waals surface area contributed by atoms with Crippen LogP contribution in [0.3, 0.4) is 0 Å². The van der Waals surface area contributed by atoms with E-state index in [1.165, 1.54) is 0 Å². The number of fused-ring (bicyclic) bond motifs is 1. The maximum absolute atomic E-state index is 12.9. The number of amides is 1. The Morgan fingerprint density at radius 3 is 2.76 bits per heavy atom. The standard InChI is InChI=1S/C21H23N5O3/c1-24-17(7-9-23-24)20(27)25-10-8-21(13-25)14-26-18(11-22-19(26)12-29-21)15-3-5-16(28-2)6-4-15/h3-7,9,11H,8,10,12-14H2,1-2H3/t21-/m0/s1. The monoisotopic (exact) mass is 393 g/mol. The molecule has 8 heteroatoms. The van der Waals surface area contributed by atoms with E-state index in [4.69, 9.17) is 9.47 Å². The Kier molecular flexibility index (Phi) is 4.16. The van der Waals surface area contributed by atoms with Gasteiger partial charge in [-0.15, -0.1) is 0 Å². The van der Waals surface area contributed by atoms with Gasteiger partial charge in [-0.3, -0.25) is 9.48 Å². The highest BCUT2D eigenvalue weighted by Crippen LogP contribution is 2.35. The van der Waals surface area contributed by atoms with Gasteiger partial charge in [0.1, 0.15) is 29.5 Å². The van der Waals surface area contributed by atoms with Gasteiger partial charge in [0.2, 0.25) is 0 Å². The smallest absolute Gasteiger partial charge is 0.272 e. The average molecular weight is 393 g/mol. The fourth-order valence-electron chi connectivity index (χ4n) is 4.26. The Morgan fingerprint density at radius 2 is 2.03 bits per heavy atom. The molecule has 3 aromatic rings. The highest BCUT2D eigenvalue weighted by atomic mass is 16.5. The molecule has 2 aliphatic rings. The van der Waals surface area contributed by atoms with Crippen LogP contribution in [-0.2, 0) is 24.9 Å². The molecule has 1 saturated heterocycles. The second-order valence-corrected chi connectivity index (χ2v) is 7.66. The van der Waals surface area contributed by atoms with Crippen molar-refractivity contribution >= 4 is 5.91 Å². The van der Waals surface area contributed by atoms with Crippen LogP contribution in [0.5, 0.6) is 5.75 Å². The van der Waals surface area contributed by atoms with Crippen molar-refractivity contribution in [3.63, 3.8) is 0 Å². The van der Waals surface area contributed by atoms with Crippen LogP contribution in [0.15, 0.2) is 42.7 Å². The van der Waals surface area contributed by atoms with E-state index in [9.17, 15) is 4.79 Å². The van der Waals surface area contributed by atoms with E-state index in [-0.39, 0.29) is 11.5 Å². The summed E-state index contributed by atoms with van der Waals surface area (Å²) in [6, 6.07) is 9.74. The molecule has 2 aliphatic heterocycles. The summed E-state index contributed by atoms with van der Waals surface area (Å²) >= 11 is 0. The van der Waals surface area contributed by atoms with Crippen molar-refractivity contribution in [1.82, 2.24) is 24.2 Å². The van der Waals surface area contributed by atoms with Crippen molar-refractivity contribution in [2.45, 2.75) is 25.2 Å². The van der Waals surface area contributed by atoms with Crippen molar-refractivity contribution in [3.8, 4) is 17.0 Å². The molecule has 1 atom stereocenters. The Bertz CT molecular complexity index is 1050. The van der Waals surface area contributed by atoms with E-state index >= 15 is 0 Å². The van der Waals surface area contributed by atoms with E-state index in [0.29, 0.717) is 31.9 Å². The van der Waals surface area contributed by atoms with E-state index in [0.717, 1.165) is 29.3 Å². The molecular formula is C21H23N5O3. The number of methoxy groups -OCH3 is 1. The molecule has 1 fully saturated rings. The third kappa shape index (κ3) is 3.00. The number of rotatable bonds is 3. The zero-order valence-corrected chi connectivity index (χ0v) is 16.5. The van der Waals surface area contributed by atoms with Gasteiger partial charge in [0.15, 0.2) is 0 Å². The van der Waals surface area contributed by atoms with Crippen LogP contribution in [0.4, 0.5) is 0 Å². The van der Waals surface area contributed by atoms with Gasteiger partial charge < -0.3 is 18.9 Å². The normalized spacial score (nSPS) is 20.8. The van der Waals surface area contributed by atoms with Gasteiger partial charge in [-0.2, -0.15) is 5.10 Å². The second-order valence-electron chi connectivity index (χ2n) is 7.66. The fourth-order valence-corrected chi connectivity index (χ4v) is 4.26. The molecule has 0 saturated carbocycles. The van der Waals surface area contributed by atoms with Crippen molar-refractivity contribution in [2.75, 3.05) is 20.2 Å². The minimum absolute atomic E-state index is 0.00252. The first kappa shape index (κ1) is 17.9. The number of likely N-dealkylation sites (tertiary alicyclic amines) is 1. The molecule has 1 aromatic carbocycles. The number of carbonyl (C=O) groups is 1. The van der Waals surface area contributed by atoms with Gasteiger partial charge in [0.25, 0.3) is 5.91 Å². The third-order valence-electron chi connectivity index (χ3n) is 5.92. The summed E-state index contributed by atoms with van der Waals surface area (Å²) in [4.78, 5) is 19.3. The highest BCUT2D eigenvalue weighted by molar-refractivity contribution is 5.92. The van der Waals surface area contributed by atoms with Crippen LogP contribution < -0.4 is 4.74 Å². The average Bonchev–Trinajstić information content (AvgIpc) is 3.46. The molecular weight excluding hydrogens is 370 g/mol. The summed E-state index contributed by atoms with van der Waals surface area (Å²) in [7, 11) is 3.45. The lowest BCUT2D eigenvalue weighted by molar-refractivity contribution is -0.0805. The van der Waals surface area contributed by atoms with Gasteiger partial charge in [0, 0.05) is 25.4 Å². The number of imidazole rings is 1. The lowest BCUT2D eigenvalue weighted by Gasteiger charge is -2.35. The van der Waals surface area contributed by atoms with Crippen molar-refractivity contribution < 1.29 is 14.3 Å². The molecule has 1 amide bonds. The molecule has 4 heterocycles. The molecule has 29 heavy (non-hydrogen) atoms. The fraction of sp³-hybridized carbons (Fsp3) is 0.381. The predicted molar refractivity (Wildman–Crippen MR) is 105 cm³/mol. The zero-order valence-electron chi connectivity index (χ0n) is 16.5. The summed E-state index contributed by atoms with van der Waals surface area (Å²) in [5, 5.41) is 4.11. The molecule has 8 nitrogen and oxygen atoms in total. The van der Waals surface area contributed by atoms with Crippen LogP contribution in [-0.4, -0.2) is 55.9 Å². The van der Waals surface area contributed by atoms with Crippen LogP contribution in [0.1, 0.15) is 22.7 Å². The maximum Gasteiger partial charge on any atom is 0.272 e. The van der Waals surface area contributed by atoms with Crippen molar-refractivity contribution in [2.24, 2.45) is 7.05 Å². The van der Waals surface area contributed by atoms with E-state index in [1.54, 1.807) is 31.1 Å². The van der Waals surface area contributed by atoms with Gasteiger partial charge in [-0.1, -0.05) is 0 Å². The largest absolute Gasteiger partial charge is 0.497 e. The summed E-state index contributed by atoms with van der Waals surface area (Å²) in [5.41, 5.74) is 2.35. The van der Waals surface area contributed by atoms with E-state index in [1.807, 2.05) is 35.4 Å².